The standard InChI is InChI=1S/C45H33NO/c1-28-10-24-40-42(38-8-4-6-36(28)44(38)40)26-30-12-16-32(17-13-30)46(34-20-22-35(47-3)23-21-34)33-18-14-31(15-19-33)27-43-39-9-5-7-37-29(2)11-25-41(43)45(37)39/h4-27H,1-3H3. The Labute approximate surface area is 274 Å². The predicted molar refractivity (Wildman–Crippen MR) is 200 cm³/mol. The molecule has 9 aromatic rings. The van der Waals surface area contributed by atoms with Crippen LogP contribution < -0.4 is 20.1 Å². The van der Waals surface area contributed by atoms with Crippen LogP contribution in [0.5, 0.6) is 5.75 Å². The second-order valence-corrected chi connectivity index (χ2v) is 12.6. The first-order chi connectivity index (χ1) is 23.1. The topological polar surface area (TPSA) is 12.5 Å². The molecule has 0 aliphatic carbocycles. The molecule has 0 amide bonds. The third-order valence-electron chi connectivity index (χ3n) is 9.93. The highest BCUT2D eigenvalue weighted by Gasteiger charge is 2.15. The van der Waals surface area contributed by atoms with Gasteiger partial charge < -0.3 is 9.64 Å². The maximum Gasteiger partial charge on any atom is 0.119 e. The van der Waals surface area contributed by atoms with Gasteiger partial charge in [-0.3, -0.25) is 0 Å². The molecule has 0 aromatic heterocycles. The van der Waals surface area contributed by atoms with E-state index in [0.29, 0.717) is 0 Å². The van der Waals surface area contributed by atoms with Crippen LogP contribution in [0.1, 0.15) is 22.3 Å². The number of aryl methyl sites for hydroxylation is 2. The summed E-state index contributed by atoms with van der Waals surface area (Å²) in [4.78, 5) is 2.30. The zero-order chi connectivity index (χ0) is 31.6. The first-order valence-corrected chi connectivity index (χ1v) is 16.2. The molecule has 0 N–H and O–H groups in total. The second kappa shape index (κ2) is 10.6. The van der Waals surface area contributed by atoms with Crippen LogP contribution >= 0.6 is 0 Å². The highest BCUT2D eigenvalue weighted by Crippen LogP contribution is 2.36. The Morgan fingerprint density at radius 2 is 0.809 bits per heavy atom. The molecule has 0 aliphatic heterocycles. The van der Waals surface area contributed by atoms with Gasteiger partial charge in [-0.25, -0.2) is 0 Å². The van der Waals surface area contributed by atoms with E-state index in [1.807, 2.05) is 12.1 Å². The molecule has 0 atom stereocenters. The molecule has 0 unspecified atom stereocenters. The van der Waals surface area contributed by atoms with Gasteiger partial charge in [0.05, 0.1) is 7.11 Å². The molecule has 224 valence electrons. The van der Waals surface area contributed by atoms with Gasteiger partial charge in [-0.05, 0) is 150 Å². The molecular weight excluding hydrogens is 571 g/mol. The number of benzene rings is 7. The number of hydrogen-bond donors (Lipinski definition) is 0. The van der Waals surface area contributed by atoms with Crippen molar-refractivity contribution in [3.05, 3.63) is 166 Å². The Bertz CT molecular complexity index is 2450. The van der Waals surface area contributed by atoms with Crippen LogP contribution in [-0.2, 0) is 0 Å². The van der Waals surface area contributed by atoms with Gasteiger partial charge >= 0.3 is 0 Å². The van der Waals surface area contributed by atoms with Gasteiger partial charge in [0.1, 0.15) is 5.75 Å². The van der Waals surface area contributed by atoms with Crippen molar-refractivity contribution in [3.63, 3.8) is 0 Å². The van der Waals surface area contributed by atoms with Crippen molar-refractivity contribution in [2.75, 3.05) is 12.0 Å². The Hall–Kier alpha value is -5.86. The normalized spacial score (nSPS) is 12.8. The molecule has 0 aliphatic rings. The van der Waals surface area contributed by atoms with E-state index in [0.717, 1.165) is 22.8 Å². The number of ether oxygens (including phenoxy) is 1. The lowest BCUT2D eigenvalue weighted by molar-refractivity contribution is 0.415. The smallest absolute Gasteiger partial charge is 0.119 e. The summed E-state index contributed by atoms with van der Waals surface area (Å²) in [5.74, 6) is 0.842. The van der Waals surface area contributed by atoms with Crippen molar-refractivity contribution in [1.82, 2.24) is 0 Å². The first-order valence-electron chi connectivity index (χ1n) is 16.2. The van der Waals surface area contributed by atoms with Crippen LogP contribution in [-0.4, -0.2) is 7.11 Å². The summed E-state index contributed by atoms with van der Waals surface area (Å²) in [5, 5.41) is 13.5. The molecule has 0 saturated carbocycles. The fourth-order valence-corrected chi connectivity index (χ4v) is 7.43. The van der Waals surface area contributed by atoms with Crippen molar-refractivity contribution in [1.29, 1.82) is 0 Å². The third-order valence-corrected chi connectivity index (χ3v) is 9.93. The van der Waals surface area contributed by atoms with E-state index >= 15 is 0 Å². The van der Waals surface area contributed by atoms with Gasteiger partial charge in [-0.15, -0.1) is 0 Å². The molecule has 2 heteroatoms. The fraction of sp³-hybridized carbons (Fsp3) is 0.0667. The molecular formula is C45H33NO. The molecule has 0 saturated heterocycles. The van der Waals surface area contributed by atoms with Crippen molar-refractivity contribution in [2.24, 2.45) is 0 Å². The van der Waals surface area contributed by atoms with Gasteiger partial charge in [0.25, 0.3) is 0 Å². The van der Waals surface area contributed by atoms with E-state index in [4.69, 9.17) is 4.74 Å². The van der Waals surface area contributed by atoms with E-state index < -0.39 is 0 Å². The van der Waals surface area contributed by atoms with Gasteiger partial charge in [0.15, 0.2) is 0 Å². The van der Waals surface area contributed by atoms with Gasteiger partial charge in [0.2, 0.25) is 0 Å². The summed E-state index contributed by atoms with van der Waals surface area (Å²) in [6.45, 7) is 4.38. The lowest BCUT2D eigenvalue weighted by Crippen LogP contribution is -2.12. The molecule has 0 heterocycles. The molecule has 0 bridgehead atoms. The maximum absolute atomic E-state index is 5.47. The van der Waals surface area contributed by atoms with E-state index in [2.05, 4.69) is 152 Å². The Balaban J connectivity index is 1.09. The average Bonchev–Trinajstić information content (AvgIpc) is 3.11. The Morgan fingerprint density at radius 1 is 0.426 bits per heavy atom. The zero-order valence-corrected chi connectivity index (χ0v) is 26.7. The number of nitrogens with zero attached hydrogens (tertiary/aromatic N) is 1. The van der Waals surface area contributed by atoms with Gasteiger partial charge in [-0.2, -0.15) is 0 Å². The van der Waals surface area contributed by atoms with Crippen LogP contribution in [0.3, 0.4) is 0 Å². The van der Waals surface area contributed by atoms with Gasteiger partial charge in [0, 0.05) is 17.1 Å². The van der Waals surface area contributed by atoms with Crippen LogP contribution in [0.15, 0.2) is 133 Å². The van der Waals surface area contributed by atoms with Crippen molar-refractivity contribution >= 4 is 72.3 Å². The monoisotopic (exact) mass is 603 g/mol. The van der Waals surface area contributed by atoms with Crippen molar-refractivity contribution < 1.29 is 4.74 Å². The quantitative estimate of drug-likeness (QED) is 0.187. The Morgan fingerprint density at radius 3 is 1.23 bits per heavy atom. The van der Waals surface area contributed by atoms with Crippen molar-refractivity contribution in [3.8, 4) is 5.75 Å². The van der Waals surface area contributed by atoms with E-state index in [1.54, 1.807) is 7.11 Å². The van der Waals surface area contributed by atoms with Gasteiger partial charge in [-0.1, -0.05) is 84.9 Å². The summed E-state index contributed by atoms with van der Waals surface area (Å²) in [5.41, 5.74) is 8.32. The summed E-state index contributed by atoms with van der Waals surface area (Å²) in [6, 6.07) is 48.3. The molecule has 0 fully saturated rings. The molecule has 9 rings (SSSR count). The van der Waals surface area contributed by atoms with Crippen LogP contribution in [0.25, 0.3) is 55.2 Å². The summed E-state index contributed by atoms with van der Waals surface area (Å²) in [7, 11) is 1.71. The lowest BCUT2D eigenvalue weighted by atomic mass is 9.89. The van der Waals surface area contributed by atoms with E-state index in [9.17, 15) is 0 Å². The van der Waals surface area contributed by atoms with Crippen LogP contribution in [0, 0.1) is 13.8 Å². The first kappa shape index (κ1) is 27.5. The van der Waals surface area contributed by atoms with E-state index in [-0.39, 0.29) is 0 Å². The summed E-state index contributed by atoms with van der Waals surface area (Å²) < 4.78 is 5.47. The van der Waals surface area contributed by atoms with Crippen molar-refractivity contribution in [2.45, 2.75) is 13.8 Å². The molecule has 0 radical (unpaired) electrons. The largest absolute Gasteiger partial charge is 0.497 e. The Kier molecular flexibility index (Phi) is 6.20. The minimum atomic E-state index is 0.842. The summed E-state index contributed by atoms with van der Waals surface area (Å²) >= 11 is 0. The minimum absolute atomic E-state index is 0.842. The highest BCUT2D eigenvalue weighted by atomic mass is 16.5. The number of hydrogen-bond acceptors (Lipinski definition) is 2. The molecule has 0 spiro atoms. The average molecular weight is 604 g/mol. The molecule has 9 aromatic carbocycles. The number of anilines is 3. The SMILES string of the molecule is COc1ccc(N(c2ccc(C=c3c4cccc5c(C)ccc3c54)cc2)c2ccc(C=c3c4cccc5c(C)ccc3c54)cc2)cc1. The highest BCUT2D eigenvalue weighted by molar-refractivity contribution is 6.19. The maximum atomic E-state index is 5.47. The fourth-order valence-electron chi connectivity index (χ4n) is 7.43. The van der Waals surface area contributed by atoms with Crippen LogP contribution in [0.2, 0.25) is 0 Å². The third kappa shape index (κ3) is 4.33. The van der Waals surface area contributed by atoms with E-state index in [1.165, 1.54) is 75.8 Å². The lowest BCUT2D eigenvalue weighted by Gasteiger charge is -2.26. The summed E-state index contributed by atoms with van der Waals surface area (Å²) in [6.07, 6.45) is 4.63. The predicted octanol–water partition coefficient (Wildman–Crippen LogP) is 10.4. The zero-order valence-electron chi connectivity index (χ0n) is 26.7. The second-order valence-electron chi connectivity index (χ2n) is 12.6. The minimum Gasteiger partial charge on any atom is -0.497 e. The molecule has 47 heavy (non-hydrogen) atoms. The number of methoxy groups -OCH3 is 1. The van der Waals surface area contributed by atoms with Crippen LogP contribution in [0.4, 0.5) is 17.1 Å². The number of rotatable bonds is 6. The molecule has 2 nitrogen and oxygen atoms in total.